The van der Waals surface area contributed by atoms with Gasteiger partial charge < -0.3 is 15.2 Å². The van der Waals surface area contributed by atoms with Gasteiger partial charge in [-0.05, 0) is 23.9 Å². The third-order valence-corrected chi connectivity index (χ3v) is 3.05. The van der Waals surface area contributed by atoms with Crippen molar-refractivity contribution in [1.82, 2.24) is 5.32 Å². The Balaban J connectivity index is 1.84. The van der Waals surface area contributed by atoms with Crippen molar-refractivity contribution in [3.63, 3.8) is 0 Å². The molecule has 0 spiro atoms. The summed E-state index contributed by atoms with van der Waals surface area (Å²) in [7, 11) is 0. The summed E-state index contributed by atoms with van der Waals surface area (Å²) in [5.41, 5.74) is -0.317. The predicted octanol–water partition coefficient (Wildman–Crippen LogP) is 1.26. The van der Waals surface area contributed by atoms with Crippen LogP contribution in [0.3, 0.4) is 0 Å². The zero-order valence-electron chi connectivity index (χ0n) is 12.4. The minimum absolute atomic E-state index is 0.0845. The molecule has 0 radical (unpaired) electrons. The lowest BCUT2D eigenvalue weighted by Crippen LogP contribution is -2.28. The molecule has 8 nitrogen and oxygen atoms in total. The van der Waals surface area contributed by atoms with Crippen LogP contribution in [-0.2, 0) is 4.74 Å². The summed E-state index contributed by atoms with van der Waals surface area (Å²) < 4.78 is 4.91. The number of amides is 1. The molecule has 0 aliphatic heterocycles. The molecule has 2 aromatic rings. The number of hydrogen-bond donors (Lipinski definition) is 1. The van der Waals surface area contributed by atoms with Crippen LogP contribution < -0.4 is 10.4 Å². The van der Waals surface area contributed by atoms with Crippen LogP contribution in [0.4, 0.5) is 5.69 Å². The molecule has 2 rings (SSSR count). The maximum absolute atomic E-state index is 11.8. The summed E-state index contributed by atoms with van der Waals surface area (Å²) in [6.45, 7) is -0.0223. The second kappa shape index (κ2) is 7.73. The number of nitrogens with zero attached hydrogens (tertiary/aromatic N) is 1. The SMILES string of the molecule is O=C(NCCOC(=O)c1ccc([O-])c([N+](=O)[O-])c1)c1ccccc1. The van der Waals surface area contributed by atoms with Crippen LogP contribution in [0.5, 0.6) is 5.75 Å². The Morgan fingerprint density at radius 3 is 2.46 bits per heavy atom. The van der Waals surface area contributed by atoms with Crippen molar-refractivity contribution in [3.05, 3.63) is 69.8 Å². The average molecular weight is 329 g/mol. The molecule has 0 atom stereocenters. The number of carbonyl (C=O) groups excluding carboxylic acids is 2. The minimum Gasteiger partial charge on any atom is -0.868 e. The molecule has 1 N–H and O–H groups in total. The Morgan fingerprint density at radius 2 is 1.79 bits per heavy atom. The van der Waals surface area contributed by atoms with E-state index in [-0.39, 0.29) is 24.6 Å². The number of carbonyl (C=O) groups is 2. The summed E-state index contributed by atoms with van der Waals surface area (Å²) in [6.07, 6.45) is 0. The van der Waals surface area contributed by atoms with E-state index in [1.54, 1.807) is 30.3 Å². The van der Waals surface area contributed by atoms with E-state index >= 15 is 0 Å². The van der Waals surface area contributed by atoms with E-state index in [1.807, 2.05) is 0 Å². The van der Waals surface area contributed by atoms with Gasteiger partial charge in [-0.3, -0.25) is 14.9 Å². The van der Waals surface area contributed by atoms with Gasteiger partial charge in [0, 0.05) is 11.6 Å². The third-order valence-electron chi connectivity index (χ3n) is 3.05. The molecular formula is C16H13N2O6-. The van der Waals surface area contributed by atoms with Gasteiger partial charge >= 0.3 is 5.97 Å². The van der Waals surface area contributed by atoms with Gasteiger partial charge in [0.25, 0.3) is 11.6 Å². The molecule has 2 aromatic carbocycles. The Kier molecular flexibility index (Phi) is 5.45. The normalized spacial score (nSPS) is 10.0. The van der Waals surface area contributed by atoms with E-state index in [9.17, 15) is 24.8 Å². The number of hydrogen-bond acceptors (Lipinski definition) is 6. The summed E-state index contributed by atoms with van der Waals surface area (Å²) >= 11 is 0. The highest BCUT2D eigenvalue weighted by atomic mass is 16.6. The van der Waals surface area contributed by atoms with E-state index in [4.69, 9.17) is 4.74 Å². The van der Waals surface area contributed by atoms with Gasteiger partial charge in [0.15, 0.2) is 0 Å². The largest absolute Gasteiger partial charge is 0.868 e. The van der Waals surface area contributed by atoms with E-state index in [0.29, 0.717) is 5.56 Å². The number of nitro groups is 1. The first-order valence-electron chi connectivity index (χ1n) is 6.95. The first-order chi connectivity index (χ1) is 11.5. The maximum atomic E-state index is 11.8. The summed E-state index contributed by atoms with van der Waals surface area (Å²) in [5.74, 6) is -1.91. The van der Waals surface area contributed by atoms with E-state index in [1.165, 1.54) is 0 Å². The van der Waals surface area contributed by atoms with Crippen LogP contribution in [-0.4, -0.2) is 30.0 Å². The molecular weight excluding hydrogens is 316 g/mol. The van der Waals surface area contributed by atoms with Crippen LogP contribution in [0.25, 0.3) is 0 Å². The van der Waals surface area contributed by atoms with Crippen molar-refractivity contribution < 1.29 is 24.4 Å². The van der Waals surface area contributed by atoms with Gasteiger partial charge in [-0.2, -0.15) is 0 Å². The van der Waals surface area contributed by atoms with Gasteiger partial charge in [-0.1, -0.05) is 24.3 Å². The fourth-order valence-electron chi connectivity index (χ4n) is 1.87. The standard InChI is InChI=1S/C16H14N2O6/c19-14-7-6-12(10-13(14)18(22)23)16(21)24-9-8-17-15(20)11-4-2-1-3-5-11/h1-7,10,19H,8-9H2,(H,17,20)/p-1. The Bertz CT molecular complexity index is 760. The molecule has 0 heterocycles. The molecule has 0 fully saturated rings. The van der Waals surface area contributed by atoms with Gasteiger partial charge in [0.1, 0.15) is 6.61 Å². The Morgan fingerprint density at radius 1 is 1.08 bits per heavy atom. The van der Waals surface area contributed by atoms with Crippen LogP contribution >= 0.6 is 0 Å². The summed E-state index contributed by atoms with van der Waals surface area (Å²) in [6, 6.07) is 11.5. The second-order valence-corrected chi connectivity index (χ2v) is 4.70. The lowest BCUT2D eigenvalue weighted by molar-refractivity contribution is -0.398. The zero-order chi connectivity index (χ0) is 17.5. The second-order valence-electron chi connectivity index (χ2n) is 4.70. The van der Waals surface area contributed by atoms with E-state index < -0.39 is 22.3 Å². The van der Waals surface area contributed by atoms with Crippen molar-refractivity contribution in [1.29, 1.82) is 0 Å². The molecule has 0 saturated carbocycles. The van der Waals surface area contributed by atoms with Crippen molar-refractivity contribution in [2.24, 2.45) is 0 Å². The molecule has 8 heteroatoms. The highest BCUT2D eigenvalue weighted by molar-refractivity contribution is 5.94. The predicted molar refractivity (Wildman–Crippen MR) is 81.6 cm³/mol. The number of nitro benzene ring substituents is 1. The van der Waals surface area contributed by atoms with Gasteiger partial charge in [-0.15, -0.1) is 0 Å². The van der Waals surface area contributed by atoms with Crippen molar-refractivity contribution in [2.45, 2.75) is 0 Å². The zero-order valence-corrected chi connectivity index (χ0v) is 12.4. The van der Waals surface area contributed by atoms with Gasteiger partial charge in [0.2, 0.25) is 0 Å². The number of benzene rings is 2. The average Bonchev–Trinajstić information content (AvgIpc) is 2.59. The molecule has 1 amide bonds. The number of nitrogens with one attached hydrogen (secondary N) is 1. The number of ether oxygens (including phenoxy) is 1. The first kappa shape index (κ1) is 16.9. The molecule has 0 bridgehead atoms. The first-order valence-corrected chi connectivity index (χ1v) is 6.95. The fourth-order valence-corrected chi connectivity index (χ4v) is 1.87. The van der Waals surface area contributed by atoms with E-state index in [2.05, 4.69) is 5.32 Å². The molecule has 0 aliphatic carbocycles. The smallest absolute Gasteiger partial charge is 0.338 e. The van der Waals surface area contributed by atoms with Crippen LogP contribution in [0, 0.1) is 10.1 Å². The molecule has 0 saturated heterocycles. The number of rotatable bonds is 6. The Labute approximate surface area is 136 Å². The van der Waals surface area contributed by atoms with Crippen molar-refractivity contribution >= 4 is 17.6 Å². The number of esters is 1. The monoisotopic (exact) mass is 329 g/mol. The maximum Gasteiger partial charge on any atom is 0.338 e. The van der Waals surface area contributed by atoms with Crippen molar-refractivity contribution in [3.8, 4) is 5.75 Å². The molecule has 24 heavy (non-hydrogen) atoms. The topological polar surface area (TPSA) is 122 Å². The molecule has 0 aromatic heterocycles. The highest BCUT2D eigenvalue weighted by Crippen LogP contribution is 2.24. The fraction of sp³-hybridized carbons (Fsp3) is 0.125. The highest BCUT2D eigenvalue weighted by Gasteiger charge is 2.14. The minimum atomic E-state index is -0.862. The summed E-state index contributed by atoms with van der Waals surface area (Å²) in [5, 5.41) is 24.5. The summed E-state index contributed by atoms with van der Waals surface area (Å²) in [4.78, 5) is 33.4. The van der Waals surface area contributed by atoms with Crippen LogP contribution in [0.1, 0.15) is 20.7 Å². The Hall–Kier alpha value is -3.42. The lowest BCUT2D eigenvalue weighted by atomic mass is 10.2. The quantitative estimate of drug-likeness (QED) is 0.368. The lowest BCUT2D eigenvalue weighted by Gasteiger charge is -2.09. The van der Waals surface area contributed by atoms with Gasteiger partial charge in [0.05, 0.1) is 17.0 Å². The molecule has 0 aliphatic rings. The third kappa shape index (κ3) is 4.29. The molecule has 0 unspecified atom stereocenters. The van der Waals surface area contributed by atoms with Crippen LogP contribution in [0.2, 0.25) is 0 Å². The molecule has 124 valence electrons. The van der Waals surface area contributed by atoms with Gasteiger partial charge in [-0.25, -0.2) is 4.79 Å². The van der Waals surface area contributed by atoms with E-state index in [0.717, 1.165) is 18.2 Å². The van der Waals surface area contributed by atoms with Crippen LogP contribution in [0.15, 0.2) is 48.5 Å². The van der Waals surface area contributed by atoms with Crippen molar-refractivity contribution in [2.75, 3.05) is 13.2 Å².